The molecular weight excluding hydrogens is 114 g/mol. The molecule has 3 heteroatoms. The summed E-state index contributed by atoms with van der Waals surface area (Å²) in [6.07, 6.45) is 0. The van der Waals surface area contributed by atoms with E-state index in [9.17, 15) is 0 Å². The van der Waals surface area contributed by atoms with E-state index in [-0.39, 0.29) is 0 Å². The van der Waals surface area contributed by atoms with Gasteiger partial charge in [0.15, 0.2) is 0 Å². The van der Waals surface area contributed by atoms with E-state index in [2.05, 4.69) is 11.5 Å². The summed E-state index contributed by atoms with van der Waals surface area (Å²) in [6, 6.07) is 2.12. The van der Waals surface area contributed by atoms with Gasteiger partial charge in [-0.05, 0) is 6.92 Å². The normalized spacial score (nSPS) is 18.6. The molecule has 1 N–H and O–H groups in total. The number of nitrogens with zero attached hydrogens (tertiary/aromatic N) is 2. The Bertz CT molecular complexity index is 187. The summed E-state index contributed by atoms with van der Waals surface area (Å²) in [5.41, 5.74) is 4.86. The molecule has 0 saturated carbocycles. The monoisotopic (exact) mass is 123 g/mol. The van der Waals surface area contributed by atoms with Gasteiger partial charge in [-0.2, -0.15) is 5.26 Å². The minimum atomic E-state index is 0.679. The van der Waals surface area contributed by atoms with Crippen LogP contribution in [0.15, 0.2) is 11.3 Å². The minimum absolute atomic E-state index is 0.679. The lowest BCUT2D eigenvalue weighted by molar-refractivity contribution is 0.346. The molecule has 0 atom stereocenters. The predicted octanol–water partition coefficient (Wildman–Crippen LogP) is 0.234. The van der Waals surface area contributed by atoms with E-state index in [1.165, 1.54) is 0 Å². The molecule has 0 aromatic rings. The summed E-state index contributed by atoms with van der Waals surface area (Å²) in [7, 11) is 1.90. The van der Waals surface area contributed by atoms with Gasteiger partial charge in [-0.15, -0.1) is 0 Å². The lowest BCUT2D eigenvalue weighted by Gasteiger charge is -2.10. The van der Waals surface area contributed by atoms with Crippen LogP contribution in [-0.4, -0.2) is 18.6 Å². The van der Waals surface area contributed by atoms with Crippen molar-refractivity contribution in [3.63, 3.8) is 0 Å². The van der Waals surface area contributed by atoms with Gasteiger partial charge in [-0.25, -0.2) is 5.43 Å². The van der Waals surface area contributed by atoms with Crippen molar-refractivity contribution >= 4 is 0 Å². The predicted molar refractivity (Wildman–Crippen MR) is 34.1 cm³/mol. The Hall–Kier alpha value is -1.01. The van der Waals surface area contributed by atoms with Crippen LogP contribution in [-0.2, 0) is 0 Å². The fourth-order valence-electron chi connectivity index (χ4n) is 0.767. The first-order valence-electron chi connectivity index (χ1n) is 2.83. The Labute approximate surface area is 54.5 Å². The van der Waals surface area contributed by atoms with Gasteiger partial charge in [-0.1, -0.05) is 0 Å². The van der Waals surface area contributed by atoms with Crippen LogP contribution in [0.1, 0.15) is 6.92 Å². The highest BCUT2D eigenvalue weighted by Gasteiger charge is 2.13. The van der Waals surface area contributed by atoms with E-state index < -0.39 is 0 Å². The van der Waals surface area contributed by atoms with Gasteiger partial charge in [0.05, 0.1) is 18.2 Å². The highest BCUT2D eigenvalue weighted by molar-refractivity contribution is 5.29. The maximum atomic E-state index is 8.48. The zero-order valence-corrected chi connectivity index (χ0v) is 5.60. The van der Waals surface area contributed by atoms with Crippen molar-refractivity contribution in [2.24, 2.45) is 0 Å². The molecular formula is C6H9N3. The second-order valence-corrected chi connectivity index (χ2v) is 2.07. The third-order valence-electron chi connectivity index (χ3n) is 1.57. The first-order valence-corrected chi connectivity index (χ1v) is 2.83. The van der Waals surface area contributed by atoms with Crippen molar-refractivity contribution in [2.75, 3.05) is 13.6 Å². The van der Waals surface area contributed by atoms with E-state index >= 15 is 0 Å². The van der Waals surface area contributed by atoms with Crippen LogP contribution in [0.2, 0.25) is 0 Å². The van der Waals surface area contributed by atoms with Gasteiger partial charge in [0, 0.05) is 12.7 Å². The molecule has 3 nitrogen and oxygen atoms in total. The average Bonchev–Trinajstić information content (AvgIpc) is 2.15. The van der Waals surface area contributed by atoms with Gasteiger partial charge in [-0.3, -0.25) is 0 Å². The van der Waals surface area contributed by atoms with Crippen molar-refractivity contribution in [1.82, 2.24) is 10.4 Å². The number of nitriles is 1. The Kier molecular flexibility index (Phi) is 1.41. The molecule has 1 aliphatic heterocycles. The lowest BCUT2D eigenvalue weighted by Crippen LogP contribution is -2.26. The minimum Gasteiger partial charge on any atom is -0.314 e. The second kappa shape index (κ2) is 2.08. The standard InChI is InChI=1S/C6H9N3/c1-5-6(3-7)4-8-9(5)2/h8H,4H2,1-2H3. The van der Waals surface area contributed by atoms with Gasteiger partial charge in [0.2, 0.25) is 0 Å². The van der Waals surface area contributed by atoms with E-state index in [0.717, 1.165) is 11.3 Å². The third kappa shape index (κ3) is 0.889. The molecule has 1 aliphatic rings. The SMILES string of the molecule is CC1=C(C#N)CNN1C. The molecule has 0 fully saturated rings. The molecule has 1 heterocycles. The molecule has 0 saturated heterocycles. The summed E-state index contributed by atoms with van der Waals surface area (Å²) < 4.78 is 0. The molecule has 0 aromatic carbocycles. The maximum absolute atomic E-state index is 8.48. The van der Waals surface area contributed by atoms with Crippen LogP contribution in [0.5, 0.6) is 0 Å². The van der Waals surface area contributed by atoms with E-state index in [4.69, 9.17) is 5.26 Å². The fraction of sp³-hybridized carbons (Fsp3) is 0.500. The number of nitrogens with one attached hydrogen (secondary N) is 1. The number of hydrogen-bond acceptors (Lipinski definition) is 3. The number of rotatable bonds is 0. The molecule has 0 bridgehead atoms. The largest absolute Gasteiger partial charge is 0.314 e. The van der Waals surface area contributed by atoms with E-state index in [1.54, 1.807) is 0 Å². The van der Waals surface area contributed by atoms with Crippen LogP contribution >= 0.6 is 0 Å². The van der Waals surface area contributed by atoms with Crippen LogP contribution in [0.3, 0.4) is 0 Å². The molecule has 0 radical (unpaired) electrons. The third-order valence-corrected chi connectivity index (χ3v) is 1.57. The van der Waals surface area contributed by atoms with Crippen molar-refractivity contribution in [2.45, 2.75) is 6.92 Å². The van der Waals surface area contributed by atoms with Crippen LogP contribution in [0.25, 0.3) is 0 Å². The topological polar surface area (TPSA) is 39.1 Å². The highest BCUT2D eigenvalue weighted by Crippen LogP contribution is 2.09. The molecule has 0 aliphatic carbocycles. The zero-order chi connectivity index (χ0) is 6.85. The molecule has 48 valence electrons. The molecule has 0 spiro atoms. The summed E-state index contributed by atoms with van der Waals surface area (Å²) in [5.74, 6) is 0. The number of hydrazine groups is 1. The van der Waals surface area contributed by atoms with Crippen molar-refractivity contribution in [3.05, 3.63) is 11.3 Å². The van der Waals surface area contributed by atoms with Crippen LogP contribution < -0.4 is 5.43 Å². The smallest absolute Gasteiger partial charge is 0.0980 e. The Morgan fingerprint density at radius 3 is 2.67 bits per heavy atom. The average molecular weight is 123 g/mol. The van der Waals surface area contributed by atoms with E-state index in [1.807, 2.05) is 19.0 Å². The highest BCUT2D eigenvalue weighted by atomic mass is 15.5. The summed E-state index contributed by atoms with van der Waals surface area (Å²) >= 11 is 0. The lowest BCUT2D eigenvalue weighted by atomic mass is 10.2. The molecule has 0 amide bonds. The maximum Gasteiger partial charge on any atom is 0.0980 e. The van der Waals surface area contributed by atoms with Gasteiger partial charge < -0.3 is 5.01 Å². The van der Waals surface area contributed by atoms with Crippen LogP contribution in [0.4, 0.5) is 0 Å². The van der Waals surface area contributed by atoms with Gasteiger partial charge in [0.25, 0.3) is 0 Å². The van der Waals surface area contributed by atoms with Gasteiger partial charge in [0.1, 0.15) is 0 Å². The van der Waals surface area contributed by atoms with Gasteiger partial charge >= 0.3 is 0 Å². The fourth-order valence-corrected chi connectivity index (χ4v) is 0.767. The number of allylic oxidation sites excluding steroid dienone is 1. The van der Waals surface area contributed by atoms with Crippen molar-refractivity contribution < 1.29 is 0 Å². The van der Waals surface area contributed by atoms with E-state index in [0.29, 0.717) is 6.54 Å². The number of hydrogen-bond donors (Lipinski definition) is 1. The molecule has 0 aromatic heterocycles. The Morgan fingerprint density at radius 1 is 1.78 bits per heavy atom. The molecule has 0 unspecified atom stereocenters. The summed E-state index contributed by atoms with van der Waals surface area (Å²) in [4.78, 5) is 0. The molecule has 9 heavy (non-hydrogen) atoms. The Morgan fingerprint density at radius 2 is 2.44 bits per heavy atom. The van der Waals surface area contributed by atoms with Crippen molar-refractivity contribution in [3.8, 4) is 6.07 Å². The first kappa shape index (κ1) is 6.12. The van der Waals surface area contributed by atoms with Crippen molar-refractivity contribution in [1.29, 1.82) is 5.26 Å². The Balaban J connectivity index is 2.83. The summed E-state index contributed by atoms with van der Waals surface area (Å²) in [6.45, 7) is 2.61. The second-order valence-electron chi connectivity index (χ2n) is 2.07. The summed E-state index contributed by atoms with van der Waals surface area (Å²) in [5, 5.41) is 10.3. The zero-order valence-electron chi connectivity index (χ0n) is 5.60. The molecule has 1 rings (SSSR count). The first-order chi connectivity index (χ1) is 4.25. The van der Waals surface area contributed by atoms with Crippen LogP contribution in [0, 0.1) is 11.3 Å². The quantitative estimate of drug-likeness (QED) is 0.501.